The maximum atomic E-state index is 5.44. The maximum absolute atomic E-state index is 5.44. The Hall–Kier alpha value is 1.06. The van der Waals surface area contributed by atoms with Crippen LogP contribution in [0.5, 0.6) is 0 Å². The van der Waals surface area contributed by atoms with Crippen LogP contribution in [0.2, 0.25) is 0 Å². The number of alkyl halides is 1. The van der Waals surface area contributed by atoms with Crippen molar-refractivity contribution < 1.29 is 2.85 Å². The zero-order valence-electron chi connectivity index (χ0n) is 7.62. The molecule has 0 radical (unpaired) electrons. The molecule has 0 nitrogen and oxygen atoms in total. The van der Waals surface area contributed by atoms with Gasteiger partial charge in [-0.25, -0.2) is 0 Å². The van der Waals surface area contributed by atoms with Crippen LogP contribution in [-0.4, -0.2) is 28.9 Å². The fraction of sp³-hybridized carbons (Fsp3) is 1.00. The monoisotopic (exact) mass is 146 g/mol. The molecule has 0 saturated carbocycles. The molecule has 2 heteroatoms. The Morgan fingerprint density at radius 3 is 2.25 bits per heavy atom. The van der Waals surface area contributed by atoms with Gasteiger partial charge in [0, 0.05) is 5.88 Å². The molecule has 0 spiro atoms. The molecule has 0 aliphatic heterocycles. The summed E-state index contributed by atoms with van der Waals surface area (Å²) in [5.74, 6) is 0.833. The fourth-order valence-electron chi connectivity index (χ4n) is 0.521. The van der Waals surface area contributed by atoms with E-state index in [0.717, 1.165) is 5.88 Å². The molecule has 0 unspecified atom stereocenters. The summed E-state index contributed by atoms with van der Waals surface area (Å²) in [4.78, 5) is 0. The first-order valence-corrected chi connectivity index (χ1v) is 3.51. The van der Waals surface area contributed by atoms with Crippen molar-refractivity contribution in [3.63, 3.8) is 0 Å². The topological polar surface area (TPSA) is 0 Å². The summed E-state index contributed by atoms with van der Waals surface area (Å²) >= 11 is 5.44. The molecule has 48 valence electrons. The van der Waals surface area contributed by atoms with Crippen molar-refractivity contribution in [2.45, 2.75) is 32.6 Å². The van der Waals surface area contributed by atoms with Crippen LogP contribution in [0, 0.1) is 0 Å². The van der Waals surface area contributed by atoms with Gasteiger partial charge in [-0.2, -0.15) is 0 Å². The van der Waals surface area contributed by atoms with Crippen LogP contribution in [0.4, 0.5) is 0 Å². The predicted octanol–water partition coefficient (Wildman–Crippen LogP) is 2.65. The van der Waals surface area contributed by atoms with E-state index in [-0.39, 0.29) is 25.9 Å². The number of hydrogen-bond acceptors (Lipinski definition) is 0. The Kier molecular flexibility index (Phi) is 16.1. The van der Waals surface area contributed by atoms with E-state index in [1.54, 1.807) is 0 Å². The zero-order valence-corrected chi connectivity index (χ0v) is 7.79. The average molecular weight is 147 g/mol. The number of unbranched alkanes of at least 4 members (excludes halogenated alkanes) is 3. The molecule has 0 fully saturated rings. The quantitative estimate of drug-likeness (QED) is 0.325. The third-order valence-electron chi connectivity index (χ3n) is 0.987. The van der Waals surface area contributed by atoms with Crippen molar-refractivity contribution in [2.75, 3.05) is 5.88 Å². The molecule has 0 amide bonds. The SMILES string of the molecule is CCCCCCCl.[H-].[H-].[Mg+2]. The van der Waals surface area contributed by atoms with E-state index in [9.17, 15) is 0 Å². The molecule has 0 bridgehead atoms. The predicted molar refractivity (Wildman–Crippen MR) is 42.8 cm³/mol. The Morgan fingerprint density at radius 2 is 1.88 bits per heavy atom. The molecular weight excluding hydrogens is 132 g/mol. The van der Waals surface area contributed by atoms with Gasteiger partial charge in [0.1, 0.15) is 0 Å². The van der Waals surface area contributed by atoms with Gasteiger partial charge in [-0.3, -0.25) is 0 Å². The van der Waals surface area contributed by atoms with Gasteiger partial charge in [-0.1, -0.05) is 26.2 Å². The molecule has 0 aliphatic carbocycles. The first-order chi connectivity index (χ1) is 3.41. The molecule has 0 rings (SSSR count). The van der Waals surface area contributed by atoms with Crippen LogP contribution in [0.15, 0.2) is 0 Å². The van der Waals surface area contributed by atoms with Crippen molar-refractivity contribution in [2.24, 2.45) is 0 Å². The minimum absolute atomic E-state index is 0. The molecule has 0 saturated heterocycles. The van der Waals surface area contributed by atoms with Gasteiger partial charge >= 0.3 is 23.1 Å². The Labute approximate surface area is 76.1 Å². The number of rotatable bonds is 4. The third kappa shape index (κ3) is 10.1. The van der Waals surface area contributed by atoms with Crippen molar-refractivity contribution in [1.29, 1.82) is 0 Å². The van der Waals surface area contributed by atoms with Crippen molar-refractivity contribution in [3.8, 4) is 0 Å². The van der Waals surface area contributed by atoms with Gasteiger partial charge in [0.15, 0.2) is 0 Å². The molecular formula is C6H15ClMg. The summed E-state index contributed by atoms with van der Waals surface area (Å²) in [7, 11) is 0. The van der Waals surface area contributed by atoms with Crippen LogP contribution in [0.25, 0.3) is 0 Å². The van der Waals surface area contributed by atoms with E-state index in [1.165, 1.54) is 25.7 Å². The van der Waals surface area contributed by atoms with Gasteiger partial charge < -0.3 is 2.85 Å². The molecule has 0 aliphatic rings. The summed E-state index contributed by atoms with van der Waals surface area (Å²) in [6.45, 7) is 2.20. The van der Waals surface area contributed by atoms with E-state index in [2.05, 4.69) is 6.92 Å². The zero-order chi connectivity index (χ0) is 5.54. The van der Waals surface area contributed by atoms with Crippen LogP contribution >= 0.6 is 11.6 Å². The second-order valence-corrected chi connectivity index (χ2v) is 2.13. The van der Waals surface area contributed by atoms with E-state index in [4.69, 9.17) is 11.6 Å². The van der Waals surface area contributed by atoms with E-state index in [0.29, 0.717) is 0 Å². The Morgan fingerprint density at radius 1 is 1.25 bits per heavy atom. The Bertz CT molecular complexity index is 34.9. The normalized spacial score (nSPS) is 8.25. The maximum Gasteiger partial charge on any atom is 2.00 e. The number of halogens is 1. The van der Waals surface area contributed by atoms with E-state index < -0.39 is 0 Å². The minimum Gasteiger partial charge on any atom is -1.00 e. The van der Waals surface area contributed by atoms with Crippen LogP contribution < -0.4 is 0 Å². The molecule has 0 aromatic heterocycles. The second-order valence-electron chi connectivity index (χ2n) is 1.75. The van der Waals surface area contributed by atoms with Gasteiger partial charge in [0.25, 0.3) is 0 Å². The van der Waals surface area contributed by atoms with Gasteiger partial charge in [-0.05, 0) is 6.42 Å². The molecule has 0 aromatic carbocycles. The minimum atomic E-state index is 0. The number of hydrogen-bond donors (Lipinski definition) is 0. The van der Waals surface area contributed by atoms with Gasteiger partial charge in [0.05, 0.1) is 0 Å². The van der Waals surface area contributed by atoms with Gasteiger partial charge in [0.2, 0.25) is 0 Å². The van der Waals surface area contributed by atoms with Crippen molar-refractivity contribution in [3.05, 3.63) is 0 Å². The summed E-state index contributed by atoms with van der Waals surface area (Å²) in [6.07, 6.45) is 5.14. The van der Waals surface area contributed by atoms with Crippen LogP contribution in [0.1, 0.15) is 35.5 Å². The summed E-state index contributed by atoms with van der Waals surface area (Å²) in [6, 6.07) is 0. The molecule has 0 aromatic rings. The average Bonchev–Trinajstić information content (AvgIpc) is 1.69. The first-order valence-electron chi connectivity index (χ1n) is 2.97. The molecule has 0 N–H and O–H groups in total. The van der Waals surface area contributed by atoms with Crippen LogP contribution in [-0.2, 0) is 0 Å². The largest absolute Gasteiger partial charge is 2.00 e. The fourth-order valence-corrected chi connectivity index (χ4v) is 0.710. The summed E-state index contributed by atoms with van der Waals surface area (Å²) in [5, 5.41) is 0. The molecule has 0 heterocycles. The van der Waals surface area contributed by atoms with Crippen molar-refractivity contribution in [1.82, 2.24) is 0 Å². The standard InChI is InChI=1S/C6H13Cl.Mg.2H/c1-2-3-4-5-6-7;;;/h2-6H2,1H3;;;/q;+2;2*-1. The van der Waals surface area contributed by atoms with E-state index >= 15 is 0 Å². The summed E-state index contributed by atoms with van der Waals surface area (Å²) < 4.78 is 0. The Balaban J connectivity index is -0.0000000600. The first kappa shape index (κ1) is 11.8. The van der Waals surface area contributed by atoms with Crippen LogP contribution in [0.3, 0.4) is 0 Å². The van der Waals surface area contributed by atoms with E-state index in [1.807, 2.05) is 0 Å². The van der Waals surface area contributed by atoms with Crippen molar-refractivity contribution >= 4 is 34.7 Å². The molecule has 8 heavy (non-hydrogen) atoms. The molecule has 0 atom stereocenters. The second kappa shape index (κ2) is 10.9. The van der Waals surface area contributed by atoms with Gasteiger partial charge in [-0.15, -0.1) is 11.6 Å². The summed E-state index contributed by atoms with van der Waals surface area (Å²) in [5.41, 5.74) is 0. The third-order valence-corrected chi connectivity index (χ3v) is 1.25. The smallest absolute Gasteiger partial charge is 1.00 e.